The zero-order chi connectivity index (χ0) is 17.4. The van der Waals surface area contributed by atoms with Gasteiger partial charge < -0.3 is 9.84 Å². The molecular formula is C18H26IN3O2. The van der Waals surface area contributed by atoms with Crippen LogP contribution in [0.25, 0.3) is 0 Å². The molecule has 1 aromatic heterocycles. The predicted molar refractivity (Wildman–Crippen MR) is 104 cm³/mol. The van der Waals surface area contributed by atoms with Crippen LogP contribution in [0.5, 0.6) is 11.5 Å². The summed E-state index contributed by atoms with van der Waals surface area (Å²) in [4.78, 5) is 0. The molecule has 0 aliphatic carbocycles. The lowest BCUT2D eigenvalue weighted by Crippen LogP contribution is -2.03. The zero-order valence-corrected chi connectivity index (χ0v) is 16.6. The number of rotatable bonds is 10. The second-order valence-electron chi connectivity index (χ2n) is 6.04. The number of aromatic hydroxyl groups is 1. The Kier molecular flexibility index (Phi) is 7.81. The Balaban J connectivity index is 1.87. The maximum Gasteiger partial charge on any atom is 0.160 e. The lowest BCUT2D eigenvalue weighted by molar-refractivity contribution is 0.372. The average Bonchev–Trinajstić information content (AvgIpc) is 3.01. The van der Waals surface area contributed by atoms with Crippen LogP contribution in [0.2, 0.25) is 0 Å². The van der Waals surface area contributed by atoms with Crippen LogP contribution < -0.4 is 4.74 Å². The summed E-state index contributed by atoms with van der Waals surface area (Å²) < 4.78 is 8.01. The van der Waals surface area contributed by atoms with Gasteiger partial charge in [0.2, 0.25) is 0 Å². The normalized spacial score (nSPS) is 11.0. The number of hydrogen-bond donors (Lipinski definition) is 1. The van der Waals surface area contributed by atoms with E-state index < -0.39 is 0 Å². The number of ether oxygens (including phenoxy) is 1. The first-order valence-electron chi connectivity index (χ1n) is 8.58. The minimum atomic E-state index is 0.160. The van der Waals surface area contributed by atoms with Crippen molar-refractivity contribution in [3.8, 4) is 11.5 Å². The molecule has 0 aliphatic rings. The molecule has 0 radical (unpaired) electrons. The van der Waals surface area contributed by atoms with Crippen LogP contribution in [0, 0.1) is 3.57 Å². The lowest BCUT2D eigenvalue weighted by atomic mass is 10.1. The van der Waals surface area contributed by atoms with Gasteiger partial charge in [-0.05, 0) is 53.1 Å². The summed E-state index contributed by atoms with van der Waals surface area (Å²) in [6, 6.07) is 3.56. The Morgan fingerprint density at radius 3 is 2.67 bits per heavy atom. The molecule has 2 aromatic rings. The van der Waals surface area contributed by atoms with E-state index in [0.717, 1.165) is 21.2 Å². The number of aromatic nitrogens is 3. The molecule has 6 heteroatoms. The van der Waals surface area contributed by atoms with Crippen molar-refractivity contribution in [2.24, 2.45) is 0 Å². The summed E-state index contributed by atoms with van der Waals surface area (Å²) in [5.41, 5.74) is 2.10. The highest BCUT2D eigenvalue weighted by molar-refractivity contribution is 14.1. The number of hydrogen-bond acceptors (Lipinski definition) is 4. The third-order valence-electron chi connectivity index (χ3n) is 4.05. The van der Waals surface area contributed by atoms with Crippen molar-refractivity contribution >= 4 is 22.6 Å². The van der Waals surface area contributed by atoms with E-state index in [0.29, 0.717) is 12.3 Å². The molecular weight excluding hydrogens is 417 g/mol. The number of nitrogens with zero attached hydrogens (tertiary/aromatic N) is 3. The minimum Gasteiger partial charge on any atom is -0.504 e. The maximum absolute atomic E-state index is 9.80. The number of halogens is 1. The summed E-state index contributed by atoms with van der Waals surface area (Å²) >= 11 is 2.21. The van der Waals surface area contributed by atoms with E-state index in [4.69, 9.17) is 4.74 Å². The first-order valence-corrected chi connectivity index (χ1v) is 9.66. The van der Waals surface area contributed by atoms with Crippen molar-refractivity contribution in [2.75, 3.05) is 7.11 Å². The van der Waals surface area contributed by atoms with E-state index in [9.17, 15) is 5.11 Å². The Morgan fingerprint density at radius 2 is 1.92 bits per heavy atom. The van der Waals surface area contributed by atoms with Gasteiger partial charge in [0.25, 0.3) is 0 Å². The summed E-state index contributed by atoms with van der Waals surface area (Å²) in [5, 5.41) is 18.3. The largest absolute Gasteiger partial charge is 0.504 e. The van der Waals surface area contributed by atoms with Crippen LogP contribution in [0.15, 0.2) is 18.3 Å². The van der Waals surface area contributed by atoms with E-state index >= 15 is 0 Å². The van der Waals surface area contributed by atoms with Crippen LogP contribution in [0.3, 0.4) is 0 Å². The molecule has 132 valence electrons. The summed E-state index contributed by atoms with van der Waals surface area (Å²) in [6.07, 6.45) is 10.7. The number of aryl methyl sites for hydroxylation is 1. The first-order chi connectivity index (χ1) is 11.6. The summed E-state index contributed by atoms with van der Waals surface area (Å²) in [7, 11) is 1.56. The quantitative estimate of drug-likeness (QED) is 0.433. The standard InChI is InChI=1S/C18H26IN3O2/c1-3-4-5-6-7-8-9-15-13-22(21-20-15)12-14-10-18(24-2)17(23)11-16(14)19/h10-11,13,23H,3-9,12H2,1-2H3. The molecule has 0 saturated carbocycles. The van der Waals surface area contributed by atoms with Crippen LogP contribution in [0.1, 0.15) is 56.7 Å². The lowest BCUT2D eigenvalue weighted by Gasteiger charge is -2.09. The van der Waals surface area contributed by atoms with Gasteiger partial charge in [-0.25, -0.2) is 4.68 Å². The van der Waals surface area contributed by atoms with Gasteiger partial charge in [0, 0.05) is 9.77 Å². The van der Waals surface area contributed by atoms with Gasteiger partial charge in [0.15, 0.2) is 11.5 Å². The highest BCUT2D eigenvalue weighted by atomic mass is 127. The molecule has 1 aromatic carbocycles. The van der Waals surface area contributed by atoms with Crippen molar-refractivity contribution in [1.29, 1.82) is 0 Å². The smallest absolute Gasteiger partial charge is 0.160 e. The van der Waals surface area contributed by atoms with Crippen molar-refractivity contribution in [2.45, 2.75) is 58.4 Å². The molecule has 0 fully saturated rings. The van der Waals surface area contributed by atoms with Crippen LogP contribution >= 0.6 is 22.6 Å². The molecule has 24 heavy (non-hydrogen) atoms. The van der Waals surface area contributed by atoms with Crippen molar-refractivity contribution in [3.05, 3.63) is 33.2 Å². The summed E-state index contributed by atoms with van der Waals surface area (Å²) in [5.74, 6) is 0.644. The molecule has 0 amide bonds. The van der Waals surface area contributed by atoms with Gasteiger partial charge in [-0.2, -0.15) is 0 Å². The number of phenolic OH excluding ortho intramolecular Hbond substituents is 1. The van der Waals surface area contributed by atoms with Gasteiger partial charge >= 0.3 is 0 Å². The first kappa shape index (κ1) is 19.0. The van der Waals surface area contributed by atoms with Gasteiger partial charge in [0.1, 0.15) is 0 Å². The SMILES string of the molecule is CCCCCCCCc1cn(Cc2cc(OC)c(O)cc2I)nn1. The van der Waals surface area contributed by atoms with Gasteiger partial charge in [-0.3, -0.25) is 0 Å². The minimum absolute atomic E-state index is 0.160. The van der Waals surface area contributed by atoms with Crippen molar-refractivity contribution in [3.63, 3.8) is 0 Å². The van der Waals surface area contributed by atoms with Crippen LogP contribution in [-0.2, 0) is 13.0 Å². The van der Waals surface area contributed by atoms with Gasteiger partial charge in [-0.1, -0.05) is 44.2 Å². The molecule has 0 bridgehead atoms. The third-order valence-corrected chi connectivity index (χ3v) is 5.06. The molecule has 0 saturated heterocycles. The average molecular weight is 443 g/mol. The monoisotopic (exact) mass is 443 g/mol. The van der Waals surface area contributed by atoms with Crippen molar-refractivity contribution in [1.82, 2.24) is 15.0 Å². The van der Waals surface area contributed by atoms with Gasteiger partial charge in [-0.15, -0.1) is 5.10 Å². The second-order valence-corrected chi connectivity index (χ2v) is 7.20. The van der Waals surface area contributed by atoms with E-state index in [1.165, 1.54) is 38.5 Å². The van der Waals surface area contributed by atoms with Crippen LogP contribution in [0.4, 0.5) is 0 Å². The Morgan fingerprint density at radius 1 is 1.17 bits per heavy atom. The Hall–Kier alpha value is -1.31. The molecule has 0 atom stereocenters. The Labute approximate surface area is 157 Å². The second kappa shape index (κ2) is 9.86. The highest BCUT2D eigenvalue weighted by Gasteiger charge is 2.10. The van der Waals surface area contributed by atoms with Gasteiger partial charge in [0.05, 0.1) is 19.3 Å². The Bertz CT molecular complexity index is 643. The molecule has 1 N–H and O–H groups in total. The van der Waals surface area contributed by atoms with E-state index in [1.54, 1.807) is 13.2 Å². The molecule has 1 heterocycles. The van der Waals surface area contributed by atoms with E-state index in [1.807, 2.05) is 16.9 Å². The molecule has 0 aliphatic heterocycles. The number of methoxy groups -OCH3 is 1. The fourth-order valence-electron chi connectivity index (χ4n) is 2.66. The highest BCUT2D eigenvalue weighted by Crippen LogP contribution is 2.30. The number of unbranched alkanes of at least 4 members (excludes halogenated alkanes) is 5. The van der Waals surface area contributed by atoms with Crippen LogP contribution in [-0.4, -0.2) is 27.2 Å². The third kappa shape index (κ3) is 5.65. The molecule has 0 spiro atoms. The van der Waals surface area contributed by atoms with Crippen molar-refractivity contribution < 1.29 is 9.84 Å². The molecule has 2 rings (SSSR count). The predicted octanol–water partition coefficient (Wildman–Crippen LogP) is 4.55. The fourth-order valence-corrected chi connectivity index (χ4v) is 3.28. The molecule has 5 nitrogen and oxygen atoms in total. The number of benzene rings is 1. The molecule has 0 unspecified atom stereocenters. The zero-order valence-electron chi connectivity index (χ0n) is 14.5. The summed E-state index contributed by atoms with van der Waals surface area (Å²) in [6.45, 7) is 2.86. The maximum atomic E-state index is 9.80. The van der Waals surface area contributed by atoms with E-state index in [-0.39, 0.29) is 5.75 Å². The fraction of sp³-hybridized carbons (Fsp3) is 0.556. The number of phenols is 1. The topological polar surface area (TPSA) is 60.2 Å². The van der Waals surface area contributed by atoms with E-state index in [2.05, 4.69) is 39.8 Å².